The summed E-state index contributed by atoms with van der Waals surface area (Å²) in [4.78, 5) is 11.8. The second-order valence-corrected chi connectivity index (χ2v) is 21.0. The minimum absolute atomic E-state index is 0.309. The van der Waals surface area contributed by atoms with Crippen molar-refractivity contribution < 1.29 is 9.90 Å². The van der Waals surface area contributed by atoms with Crippen molar-refractivity contribution in [3.05, 3.63) is 46.1 Å². The fraction of sp³-hybridized carbons (Fsp3) is 0.625. The third-order valence-electron chi connectivity index (χ3n) is 5.65. The molecule has 0 saturated heterocycles. The predicted molar refractivity (Wildman–Crippen MR) is 120 cm³/mol. The summed E-state index contributed by atoms with van der Waals surface area (Å²) in [5.74, 6) is -0.976. The van der Waals surface area contributed by atoms with Gasteiger partial charge in [-0.1, -0.05) is 0 Å². The van der Waals surface area contributed by atoms with Gasteiger partial charge in [-0.25, -0.2) is 0 Å². The van der Waals surface area contributed by atoms with Gasteiger partial charge in [-0.15, -0.1) is 0 Å². The van der Waals surface area contributed by atoms with Crippen molar-refractivity contribution in [2.24, 2.45) is 5.92 Å². The van der Waals surface area contributed by atoms with Crippen LogP contribution in [-0.4, -0.2) is 29.5 Å². The van der Waals surface area contributed by atoms with Gasteiger partial charge in [-0.3, -0.25) is 0 Å². The van der Waals surface area contributed by atoms with E-state index in [1.54, 1.807) is 0 Å². The van der Waals surface area contributed by atoms with Crippen LogP contribution in [0.2, 0.25) is 13.3 Å². The number of carbonyl (C=O) groups is 1. The van der Waals surface area contributed by atoms with E-state index in [1.807, 2.05) is 30.3 Å². The first-order valence-corrected chi connectivity index (χ1v) is 18.7. The van der Waals surface area contributed by atoms with Gasteiger partial charge in [0.15, 0.2) is 0 Å². The molecule has 3 heteroatoms. The molecule has 27 heavy (non-hydrogen) atoms. The number of unbranched alkanes of at least 4 members (excludes halogenated alkanes) is 3. The fourth-order valence-electron chi connectivity index (χ4n) is 3.86. The zero-order valence-corrected chi connectivity index (χ0v) is 20.6. The molecule has 152 valence electrons. The molecule has 0 spiro atoms. The molecule has 0 fully saturated rings. The summed E-state index contributed by atoms with van der Waals surface area (Å²) in [6.45, 7) is 6.88. The average molecular weight is 479 g/mol. The number of benzene rings is 1. The first-order chi connectivity index (χ1) is 13.1. The molecule has 0 aliphatic heterocycles. The standard InChI is InChI=1S/C12H13O2.3C4H9.Sn/c1-2-6-11(12(13)14)9-10-7-4-3-5-8-10;3*1-3-4-2;/h1-5,7-8,11H,6,9H2,(H,13,14);3*1,3-4H2,2H3;. The Labute approximate surface area is 171 Å². The third kappa shape index (κ3) is 9.82. The number of allylic oxidation sites excluding steroid dienone is 1. The Balaban J connectivity index is 2.84. The maximum atomic E-state index is 11.8. The molecule has 0 aliphatic rings. The van der Waals surface area contributed by atoms with Crippen LogP contribution in [-0.2, 0) is 11.2 Å². The summed E-state index contributed by atoms with van der Waals surface area (Å²) in [7, 11) is 0. The van der Waals surface area contributed by atoms with E-state index in [0.717, 1.165) is 5.56 Å². The molecule has 2 nitrogen and oxygen atoms in total. The van der Waals surface area contributed by atoms with Crippen LogP contribution < -0.4 is 0 Å². The van der Waals surface area contributed by atoms with Crippen LogP contribution in [0.25, 0.3) is 0 Å². The van der Waals surface area contributed by atoms with Gasteiger partial charge < -0.3 is 0 Å². The Kier molecular flexibility index (Phi) is 12.8. The zero-order valence-electron chi connectivity index (χ0n) is 17.8. The molecular weight excluding hydrogens is 439 g/mol. The Bertz CT molecular complexity index is 517. The van der Waals surface area contributed by atoms with Crippen LogP contribution in [0.1, 0.15) is 71.3 Å². The molecule has 0 radical (unpaired) electrons. The van der Waals surface area contributed by atoms with Crippen LogP contribution in [0.4, 0.5) is 0 Å². The van der Waals surface area contributed by atoms with Crippen molar-refractivity contribution in [1.82, 2.24) is 0 Å². The van der Waals surface area contributed by atoms with Crippen molar-refractivity contribution in [2.45, 2.75) is 85.4 Å². The van der Waals surface area contributed by atoms with E-state index < -0.39 is 24.3 Å². The van der Waals surface area contributed by atoms with Gasteiger partial charge in [0.2, 0.25) is 0 Å². The van der Waals surface area contributed by atoms with Crippen LogP contribution in [0.15, 0.2) is 40.5 Å². The van der Waals surface area contributed by atoms with Gasteiger partial charge in [0, 0.05) is 0 Å². The summed E-state index contributed by atoms with van der Waals surface area (Å²) in [5.41, 5.74) is 1.12. The van der Waals surface area contributed by atoms with Crippen LogP contribution >= 0.6 is 0 Å². The molecule has 1 N–H and O–H groups in total. The van der Waals surface area contributed by atoms with Crippen molar-refractivity contribution in [2.75, 3.05) is 0 Å². The van der Waals surface area contributed by atoms with Gasteiger partial charge in [-0.2, -0.15) is 0 Å². The first-order valence-electron chi connectivity index (χ1n) is 11.0. The SMILES string of the molecule is CCC[CH2][Sn]([CH]=CCC(Cc1ccccc1)C(=O)O)([CH2]CCC)[CH2]CCC. The maximum absolute atomic E-state index is 11.8. The van der Waals surface area contributed by atoms with E-state index in [4.69, 9.17) is 0 Å². The van der Waals surface area contributed by atoms with E-state index in [2.05, 4.69) is 30.9 Å². The number of rotatable bonds is 15. The predicted octanol–water partition coefficient (Wildman–Crippen LogP) is 7.26. The van der Waals surface area contributed by atoms with E-state index in [9.17, 15) is 9.90 Å². The van der Waals surface area contributed by atoms with Gasteiger partial charge in [0.25, 0.3) is 0 Å². The fourth-order valence-corrected chi connectivity index (χ4v) is 18.3. The van der Waals surface area contributed by atoms with Crippen molar-refractivity contribution in [3.63, 3.8) is 0 Å². The minimum atomic E-state index is -2.29. The monoisotopic (exact) mass is 480 g/mol. The van der Waals surface area contributed by atoms with E-state index in [1.165, 1.54) is 51.8 Å². The molecule has 0 amide bonds. The van der Waals surface area contributed by atoms with Crippen LogP contribution in [0.5, 0.6) is 0 Å². The second-order valence-electron chi connectivity index (χ2n) is 8.04. The number of aliphatic carboxylic acids is 1. The van der Waals surface area contributed by atoms with Crippen LogP contribution in [0.3, 0.4) is 0 Å². The molecule has 1 rings (SSSR count). The molecule has 0 aromatic heterocycles. The molecule has 0 heterocycles. The van der Waals surface area contributed by atoms with Gasteiger partial charge in [0.1, 0.15) is 0 Å². The number of carboxylic acid groups (broad SMARTS) is 1. The van der Waals surface area contributed by atoms with E-state index in [0.29, 0.717) is 12.8 Å². The molecular formula is C24H40O2Sn. The summed E-state index contributed by atoms with van der Waals surface area (Å²) in [6, 6.07) is 10.0. The van der Waals surface area contributed by atoms with Crippen LogP contribution in [0, 0.1) is 5.92 Å². The normalized spacial score (nSPS) is 13.1. The van der Waals surface area contributed by atoms with E-state index >= 15 is 0 Å². The van der Waals surface area contributed by atoms with Crippen molar-refractivity contribution in [3.8, 4) is 0 Å². The Hall–Kier alpha value is -0.771. The van der Waals surface area contributed by atoms with Crippen molar-refractivity contribution >= 4 is 24.3 Å². The molecule has 1 aromatic carbocycles. The van der Waals surface area contributed by atoms with Gasteiger partial charge in [-0.05, 0) is 0 Å². The molecule has 0 bridgehead atoms. The first kappa shape index (κ1) is 24.3. The molecule has 1 aromatic rings. The number of hydrogen-bond acceptors (Lipinski definition) is 1. The summed E-state index contributed by atoms with van der Waals surface area (Å²) in [5, 5.41) is 9.67. The average Bonchev–Trinajstić information content (AvgIpc) is 2.68. The summed E-state index contributed by atoms with van der Waals surface area (Å²) < 4.78 is 6.94. The van der Waals surface area contributed by atoms with Crippen molar-refractivity contribution in [1.29, 1.82) is 0 Å². The molecule has 1 atom stereocenters. The summed E-state index contributed by atoms with van der Waals surface area (Å²) in [6.07, 6.45) is 11.4. The third-order valence-corrected chi connectivity index (χ3v) is 19.9. The molecule has 0 saturated carbocycles. The topological polar surface area (TPSA) is 37.3 Å². The van der Waals surface area contributed by atoms with Gasteiger partial charge >= 0.3 is 172 Å². The summed E-state index contributed by atoms with van der Waals surface area (Å²) >= 11 is -2.29. The quantitative estimate of drug-likeness (QED) is 0.269. The Morgan fingerprint density at radius 2 is 1.48 bits per heavy atom. The number of hydrogen-bond donors (Lipinski definition) is 1. The Morgan fingerprint density at radius 1 is 0.963 bits per heavy atom. The Morgan fingerprint density at radius 3 is 1.93 bits per heavy atom. The second kappa shape index (κ2) is 14.3. The number of carboxylic acids is 1. The zero-order chi connectivity index (χ0) is 20.0. The molecule has 0 aliphatic carbocycles. The van der Waals surface area contributed by atoms with E-state index in [-0.39, 0.29) is 5.92 Å². The molecule has 1 unspecified atom stereocenters. The van der Waals surface area contributed by atoms with Gasteiger partial charge in [0.05, 0.1) is 0 Å².